The molecular weight excluding hydrogens is 254 g/mol. The molecule has 0 aliphatic carbocycles. The Labute approximate surface area is 120 Å². The Morgan fingerprint density at radius 3 is 2.65 bits per heavy atom. The number of aryl methyl sites for hydroxylation is 1. The first-order valence-electron chi connectivity index (χ1n) is 7.17. The average Bonchev–Trinajstić information content (AvgIpc) is 2.84. The van der Waals surface area contributed by atoms with E-state index in [1.807, 2.05) is 33.9 Å². The van der Waals surface area contributed by atoms with Crippen LogP contribution >= 0.6 is 0 Å². The van der Waals surface area contributed by atoms with E-state index in [0.29, 0.717) is 6.54 Å². The van der Waals surface area contributed by atoms with E-state index >= 15 is 0 Å². The van der Waals surface area contributed by atoms with E-state index in [1.54, 1.807) is 11.2 Å². The number of carbonyl (C=O) groups is 1. The summed E-state index contributed by atoms with van der Waals surface area (Å²) in [5.74, 6) is 1.03. The summed E-state index contributed by atoms with van der Waals surface area (Å²) in [7, 11) is 1.86. The molecule has 0 radical (unpaired) electrons. The van der Waals surface area contributed by atoms with Crippen molar-refractivity contribution in [2.24, 2.45) is 0 Å². The highest BCUT2D eigenvalue weighted by Crippen LogP contribution is 2.20. The number of amides is 1. The molecule has 2 heterocycles. The standard InChI is InChI=1S/C15H25N3O2/c1-12-13(5-10-20-12)11-17(4)14(19)15(2,3)18-8-6-16-7-9-18/h5,10,16H,6-9,11H2,1-4H3. The van der Waals surface area contributed by atoms with Crippen molar-refractivity contribution < 1.29 is 9.21 Å². The van der Waals surface area contributed by atoms with Gasteiger partial charge in [-0.25, -0.2) is 0 Å². The van der Waals surface area contributed by atoms with Crippen LogP contribution in [0.1, 0.15) is 25.2 Å². The van der Waals surface area contributed by atoms with Crippen molar-refractivity contribution in [3.63, 3.8) is 0 Å². The van der Waals surface area contributed by atoms with Crippen molar-refractivity contribution in [3.8, 4) is 0 Å². The number of furan rings is 1. The molecule has 1 saturated heterocycles. The van der Waals surface area contributed by atoms with Crippen molar-refractivity contribution in [2.45, 2.75) is 32.9 Å². The molecule has 0 unspecified atom stereocenters. The summed E-state index contributed by atoms with van der Waals surface area (Å²) >= 11 is 0. The van der Waals surface area contributed by atoms with Gasteiger partial charge in [-0.1, -0.05) is 0 Å². The van der Waals surface area contributed by atoms with E-state index < -0.39 is 5.54 Å². The van der Waals surface area contributed by atoms with Crippen LogP contribution in [-0.4, -0.2) is 54.5 Å². The first-order valence-corrected chi connectivity index (χ1v) is 7.17. The maximum Gasteiger partial charge on any atom is 0.242 e. The summed E-state index contributed by atoms with van der Waals surface area (Å²) < 4.78 is 5.29. The van der Waals surface area contributed by atoms with Crippen LogP contribution in [0.2, 0.25) is 0 Å². The summed E-state index contributed by atoms with van der Waals surface area (Å²) in [6.45, 7) is 10.3. The third-order valence-corrected chi connectivity index (χ3v) is 4.15. The number of nitrogens with zero attached hydrogens (tertiary/aromatic N) is 2. The van der Waals surface area contributed by atoms with Crippen LogP contribution in [0.3, 0.4) is 0 Å². The third-order valence-electron chi connectivity index (χ3n) is 4.15. The molecule has 1 aliphatic heterocycles. The summed E-state index contributed by atoms with van der Waals surface area (Å²) in [6.07, 6.45) is 1.67. The molecule has 0 bridgehead atoms. The van der Waals surface area contributed by atoms with E-state index in [4.69, 9.17) is 4.42 Å². The van der Waals surface area contributed by atoms with Crippen LogP contribution in [0.25, 0.3) is 0 Å². The second kappa shape index (κ2) is 5.97. The highest BCUT2D eigenvalue weighted by atomic mass is 16.3. The molecule has 1 aromatic heterocycles. The van der Waals surface area contributed by atoms with Crippen LogP contribution in [0.15, 0.2) is 16.7 Å². The smallest absolute Gasteiger partial charge is 0.242 e. The Morgan fingerprint density at radius 2 is 2.10 bits per heavy atom. The predicted octanol–water partition coefficient (Wildman–Crippen LogP) is 1.23. The number of likely N-dealkylation sites (N-methyl/N-ethyl adjacent to an activating group) is 1. The number of carbonyl (C=O) groups excluding carboxylic acids is 1. The van der Waals surface area contributed by atoms with Crippen molar-refractivity contribution in [1.82, 2.24) is 15.1 Å². The van der Waals surface area contributed by atoms with Crippen LogP contribution in [0.5, 0.6) is 0 Å². The lowest BCUT2D eigenvalue weighted by Crippen LogP contribution is -2.60. The topological polar surface area (TPSA) is 48.7 Å². The molecule has 2 rings (SSSR count). The zero-order valence-corrected chi connectivity index (χ0v) is 12.9. The fourth-order valence-corrected chi connectivity index (χ4v) is 2.73. The lowest BCUT2D eigenvalue weighted by Gasteiger charge is -2.41. The third kappa shape index (κ3) is 3.04. The molecule has 1 amide bonds. The molecule has 112 valence electrons. The molecule has 1 fully saturated rings. The molecule has 5 nitrogen and oxygen atoms in total. The molecule has 0 atom stereocenters. The molecule has 1 N–H and O–H groups in total. The highest BCUT2D eigenvalue weighted by Gasteiger charge is 2.37. The fraction of sp³-hybridized carbons (Fsp3) is 0.667. The Balaban J connectivity index is 2.03. The summed E-state index contributed by atoms with van der Waals surface area (Å²) in [5, 5.41) is 3.32. The van der Waals surface area contributed by atoms with Gasteiger partial charge in [0.25, 0.3) is 0 Å². The van der Waals surface area contributed by atoms with E-state index in [9.17, 15) is 4.79 Å². The molecule has 0 aromatic carbocycles. The first kappa shape index (κ1) is 15.1. The fourth-order valence-electron chi connectivity index (χ4n) is 2.73. The van der Waals surface area contributed by atoms with E-state index in [0.717, 1.165) is 37.5 Å². The SMILES string of the molecule is Cc1occc1CN(C)C(=O)C(C)(C)N1CCNCC1. The highest BCUT2D eigenvalue weighted by molar-refractivity contribution is 5.85. The quantitative estimate of drug-likeness (QED) is 0.900. The Hall–Kier alpha value is -1.33. The van der Waals surface area contributed by atoms with E-state index in [2.05, 4.69) is 10.2 Å². The predicted molar refractivity (Wildman–Crippen MR) is 78.4 cm³/mol. The monoisotopic (exact) mass is 279 g/mol. The number of hydrogen-bond donors (Lipinski definition) is 1. The molecule has 0 spiro atoms. The first-order chi connectivity index (χ1) is 9.43. The van der Waals surface area contributed by atoms with Gasteiger partial charge in [0.15, 0.2) is 0 Å². The zero-order chi connectivity index (χ0) is 14.8. The Morgan fingerprint density at radius 1 is 1.45 bits per heavy atom. The van der Waals surface area contributed by atoms with Gasteiger partial charge in [0, 0.05) is 45.3 Å². The normalized spacial score (nSPS) is 17.2. The van der Waals surface area contributed by atoms with Gasteiger partial charge in [-0.3, -0.25) is 9.69 Å². The van der Waals surface area contributed by atoms with E-state index in [-0.39, 0.29) is 5.91 Å². The zero-order valence-electron chi connectivity index (χ0n) is 12.9. The molecule has 1 aromatic rings. The van der Waals surface area contributed by atoms with Crippen molar-refractivity contribution in [2.75, 3.05) is 33.2 Å². The Bertz CT molecular complexity index is 461. The molecule has 5 heteroatoms. The number of hydrogen-bond acceptors (Lipinski definition) is 4. The van der Waals surface area contributed by atoms with Gasteiger partial charge in [-0.2, -0.15) is 0 Å². The lowest BCUT2D eigenvalue weighted by atomic mass is 9.99. The Kier molecular flexibility index (Phi) is 4.50. The number of nitrogens with one attached hydrogen (secondary N) is 1. The maximum atomic E-state index is 12.7. The van der Waals surface area contributed by atoms with Gasteiger partial charge in [0.2, 0.25) is 5.91 Å². The molecule has 1 aliphatic rings. The van der Waals surface area contributed by atoms with Gasteiger partial charge in [-0.05, 0) is 26.8 Å². The van der Waals surface area contributed by atoms with Gasteiger partial charge in [0.1, 0.15) is 5.76 Å². The molecule has 20 heavy (non-hydrogen) atoms. The van der Waals surface area contributed by atoms with Gasteiger partial charge >= 0.3 is 0 Å². The van der Waals surface area contributed by atoms with Crippen LogP contribution < -0.4 is 5.32 Å². The minimum absolute atomic E-state index is 0.153. The second-order valence-electron chi connectivity index (χ2n) is 5.96. The molecular formula is C15H25N3O2. The maximum absolute atomic E-state index is 12.7. The van der Waals surface area contributed by atoms with E-state index in [1.165, 1.54) is 0 Å². The second-order valence-corrected chi connectivity index (χ2v) is 5.96. The number of piperazine rings is 1. The van der Waals surface area contributed by atoms with Crippen LogP contribution in [0.4, 0.5) is 0 Å². The summed E-state index contributed by atoms with van der Waals surface area (Å²) in [4.78, 5) is 16.8. The van der Waals surface area contributed by atoms with Crippen molar-refractivity contribution in [1.29, 1.82) is 0 Å². The minimum atomic E-state index is -0.464. The lowest BCUT2D eigenvalue weighted by molar-refractivity contribution is -0.142. The number of rotatable bonds is 4. The molecule has 0 saturated carbocycles. The largest absolute Gasteiger partial charge is 0.469 e. The van der Waals surface area contributed by atoms with Crippen molar-refractivity contribution >= 4 is 5.91 Å². The van der Waals surface area contributed by atoms with Crippen LogP contribution in [0, 0.1) is 6.92 Å². The minimum Gasteiger partial charge on any atom is -0.469 e. The van der Waals surface area contributed by atoms with Gasteiger partial charge in [0.05, 0.1) is 11.8 Å². The summed E-state index contributed by atoms with van der Waals surface area (Å²) in [5.41, 5.74) is 0.603. The van der Waals surface area contributed by atoms with Gasteiger partial charge in [-0.15, -0.1) is 0 Å². The van der Waals surface area contributed by atoms with Crippen molar-refractivity contribution in [3.05, 3.63) is 23.7 Å². The summed E-state index contributed by atoms with van der Waals surface area (Å²) in [6, 6.07) is 1.93. The van der Waals surface area contributed by atoms with Gasteiger partial charge < -0.3 is 14.6 Å². The average molecular weight is 279 g/mol. The van der Waals surface area contributed by atoms with Crippen LogP contribution in [-0.2, 0) is 11.3 Å².